The molecule has 2 aromatic rings. The maximum Gasteiger partial charge on any atom is 0.193 e. The fraction of sp³-hybridized carbons (Fsp3) is 0.226. The average Bonchev–Trinajstić information content (AvgIpc) is 3.38. The molecule has 14 heteroatoms. The average molecular weight is 916 g/mol. The number of aliphatic hydroxyl groups excluding tert-OH is 1. The van der Waals surface area contributed by atoms with Crippen molar-refractivity contribution >= 4 is 11.5 Å². The summed E-state index contributed by atoms with van der Waals surface area (Å²) in [6, 6.07) is 17.3. The summed E-state index contributed by atoms with van der Waals surface area (Å²) in [5, 5.41) is 29.5. The van der Waals surface area contributed by atoms with Crippen LogP contribution in [0, 0.1) is 56.6 Å². The first-order valence-electron chi connectivity index (χ1n) is 12.3. The van der Waals surface area contributed by atoms with E-state index in [4.69, 9.17) is 29.2 Å². The Morgan fingerprint density at radius 1 is 0.889 bits per heavy atom. The van der Waals surface area contributed by atoms with Gasteiger partial charge in [-0.3, -0.25) is 4.79 Å². The van der Waals surface area contributed by atoms with Gasteiger partial charge in [-0.15, -0.1) is 6.08 Å². The number of benzene rings is 2. The number of aliphatic hydroxyl groups is 1. The third kappa shape index (κ3) is 13.0. The molecular weight excluding hydrogens is 883 g/mol. The number of nitrogens with two attached hydrogens (primary N) is 2. The molecule has 3 radical (unpaired) electrons. The molecule has 0 heterocycles. The summed E-state index contributed by atoms with van der Waals surface area (Å²) in [6.07, 6.45) is 11.5. The monoisotopic (exact) mass is 912 g/mol. The first-order chi connectivity index (χ1) is 18.7. The van der Waals surface area contributed by atoms with Crippen molar-refractivity contribution in [2.75, 3.05) is 0 Å². The number of carbonyl (C=O) groups excluding carboxylic acids is 1. The summed E-state index contributed by atoms with van der Waals surface area (Å²) in [7, 11) is -4.69. The molecule has 255 valence electrons. The third-order valence-corrected chi connectivity index (χ3v) is 7.03. The van der Waals surface area contributed by atoms with E-state index in [2.05, 4.69) is 51.5 Å². The van der Waals surface area contributed by atoms with Gasteiger partial charge in [-0.05, 0) is 77.6 Å². The van der Waals surface area contributed by atoms with Gasteiger partial charge in [0.1, 0.15) is 5.76 Å². The molecule has 10 nitrogen and oxygen atoms in total. The number of rotatable bonds is 5. The second-order valence-electron chi connectivity index (χ2n) is 10.1. The Morgan fingerprint density at radius 3 is 1.73 bits per heavy atom. The van der Waals surface area contributed by atoms with E-state index in [1.807, 2.05) is 12.2 Å². The van der Waals surface area contributed by atoms with Gasteiger partial charge in [0.2, 0.25) is 0 Å². The minimum atomic E-state index is -4.69. The van der Waals surface area contributed by atoms with E-state index in [0.717, 1.165) is 12.0 Å². The molecule has 0 bridgehead atoms. The molecule has 6 N–H and O–H groups in total. The van der Waals surface area contributed by atoms with Gasteiger partial charge in [-0.25, -0.2) is 0 Å². The van der Waals surface area contributed by atoms with E-state index in [1.165, 1.54) is 0 Å². The van der Waals surface area contributed by atoms with E-state index in [1.54, 1.807) is 48.5 Å². The Hall–Kier alpha value is -1.88. The Bertz CT molecular complexity index is 1480. The van der Waals surface area contributed by atoms with Crippen molar-refractivity contribution in [2.24, 2.45) is 17.3 Å². The maximum atomic E-state index is 13.6. The van der Waals surface area contributed by atoms with Crippen LogP contribution in [0.1, 0.15) is 54.2 Å². The van der Waals surface area contributed by atoms with Gasteiger partial charge in [0, 0.05) is 89.4 Å². The third-order valence-electron chi connectivity index (χ3n) is 7.03. The second kappa shape index (κ2) is 20.4. The topological polar surface area (TPSA) is 241 Å². The number of allylic oxidation sites excluding steroid dienone is 7. The number of halogens is 1. The van der Waals surface area contributed by atoms with Crippen molar-refractivity contribution < 1.29 is 106 Å². The maximum absolute atomic E-state index is 13.6. The van der Waals surface area contributed by atoms with Crippen molar-refractivity contribution in [1.82, 2.24) is 0 Å². The summed E-state index contributed by atoms with van der Waals surface area (Å²) < 4.78 is 32.7. The minimum absolute atomic E-state index is 0. The normalized spacial score (nSPS) is 17.6. The molecule has 0 aliphatic heterocycles. The molecule has 0 aromatic heterocycles. The molecule has 45 heavy (non-hydrogen) atoms. The number of ketones is 1. The first kappa shape index (κ1) is 47.5. The van der Waals surface area contributed by atoms with E-state index >= 15 is 0 Å². The zero-order chi connectivity index (χ0) is 29.7. The quantitative estimate of drug-likeness (QED) is 0.145. The molecule has 2 aliphatic rings. The summed E-state index contributed by atoms with van der Waals surface area (Å²) in [6.45, 7) is 6.50. The molecule has 2 atom stereocenters. The first-order valence-corrected chi connectivity index (χ1v) is 13.6. The van der Waals surface area contributed by atoms with Crippen LogP contribution in [0.3, 0.4) is 0 Å². The van der Waals surface area contributed by atoms with Crippen molar-refractivity contribution in [3.05, 3.63) is 131 Å². The number of Topliss-reactive ketones (excluding diaryl/α,β-unsaturated/α-hetero) is 1. The molecule has 2 unspecified atom stereocenters. The fourth-order valence-corrected chi connectivity index (χ4v) is 4.55. The number of nitrogens with zero attached hydrogens (tertiary/aromatic N) is 2. The summed E-state index contributed by atoms with van der Waals surface area (Å²) in [5.41, 5.74) is 3.54. The molecule has 4 rings (SSSR count). The van der Waals surface area contributed by atoms with Crippen molar-refractivity contribution in [3.8, 4) is 12.1 Å². The Labute approximate surface area is 312 Å². The van der Waals surface area contributed by atoms with Crippen LogP contribution in [0.5, 0.6) is 0 Å². The number of hydrogen-bond donors (Lipinski definition) is 2. The molecular formula is C31H32Ag3ClN4O6-3. The van der Waals surface area contributed by atoms with Crippen LogP contribution in [0.25, 0.3) is 18.1 Å². The van der Waals surface area contributed by atoms with Gasteiger partial charge < -0.3 is 23.8 Å². The van der Waals surface area contributed by atoms with Crippen LogP contribution >= 0.6 is 0 Å². The molecule has 0 saturated carbocycles. The van der Waals surface area contributed by atoms with E-state index < -0.39 is 10.2 Å². The van der Waals surface area contributed by atoms with Gasteiger partial charge in [0.05, 0.1) is 38.2 Å². The Balaban J connectivity index is -0.00000164. The fourth-order valence-electron chi connectivity index (χ4n) is 4.55. The van der Waals surface area contributed by atoms with Crippen LogP contribution in [-0.2, 0) is 67.1 Å². The van der Waals surface area contributed by atoms with E-state index in [9.17, 15) is 9.90 Å². The van der Waals surface area contributed by atoms with E-state index in [-0.39, 0.29) is 102 Å². The molecule has 2 aromatic carbocycles. The van der Waals surface area contributed by atoms with Gasteiger partial charge in [-0.2, -0.15) is 36.8 Å². The van der Waals surface area contributed by atoms with Gasteiger partial charge in [0.15, 0.2) is 5.78 Å². The van der Waals surface area contributed by atoms with Gasteiger partial charge >= 0.3 is 0 Å². The standard InChI is InChI=1S/C31H27N2O2.3Ag.ClHO4.2H2N/c1-20-4-14-25(15-5-20)31(2,3)26-16-27(29(34)23-10-6-21(18-32)7-11-23)28(17-26)30(35)24-12-8-22(19-33)9-13-24;;;;2-1(3,4)5;;/h4-14,16-17,20,25,34H,15H2,1-3H3;;;;(H,2,3,4,5);2*1H2/q-1;;;;;2*-1. The van der Waals surface area contributed by atoms with Gasteiger partial charge in [-0.1, -0.05) is 26.8 Å². The largest absolute Gasteiger partial charge is 0.693 e. The zero-order valence-corrected chi connectivity index (χ0v) is 29.4. The van der Waals surface area contributed by atoms with Crippen molar-refractivity contribution in [3.63, 3.8) is 0 Å². The molecule has 0 saturated heterocycles. The smallest absolute Gasteiger partial charge is 0.193 e. The second-order valence-corrected chi connectivity index (χ2v) is 10.9. The van der Waals surface area contributed by atoms with Crippen molar-refractivity contribution in [1.29, 1.82) is 10.5 Å². The van der Waals surface area contributed by atoms with E-state index in [0.29, 0.717) is 39.3 Å². The molecule has 0 fully saturated rings. The predicted octanol–water partition coefficient (Wildman–Crippen LogP) is 4.19. The SMILES string of the molecule is CC1C=CC(C(C)(C)C2=CC(=C(O)c3ccc(C#N)cc3)C(C(=O)c3ccc(C#N)cc3)=C2)C[CH-]1.[Ag].[Ag].[Ag].[NH2-].[NH2-].[O-][Cl+3]([O-])([O-])O. The predicted molar refractivity (Wildman–Crippen MR) is 150 cm³/mol. The number of carbonyl (C=O) groups is 1. The molecule has 0 spiro atoms. The van der Waals surface area contributed by atoms with Crippen molar-refractivity contribution in [2.45, 2.75) is 27.2 Å². The van der Waals surface area contributed by atoms with Crippen LogP contribution in [-0.4, -0.2) is 15.5 Å². The number of hydrogen-bond acceptors (Lipinski definition) is 8. The molecule has 2 aliphatic carbocycles. The van der Waals surface area contributed by atoms with Crippen LogP contribution in [0.4, 0.5) is 0 Å². The Morgan fingerprint density at radius 2 is 1.33 bits per heavy atom. The van der Waals surface area contributed by atoms with Gasteiger partial charge in [0.25, 0.3) is 0 Å². The zero-order valence-electron chi connectivity index (χ0n) is 24.2. The summed E-state index contributed by atoms with van der Waals surface area (Å²) >= 11 is 0. The van der Waals surface area contributed by atoms with Crippen LogP contribution in [0.2, 0.25) is 0 Å². The summed E-state index contributed by atoms with van der Waals surface area (Å²) in [5.74, 6) is 0.488. The number of nitriles is 2. The Kier molecular flexibility index (Phi) is 21.5. The molecule has 0 amide bonds. The van der Waals surface area contributed by atoms with Crippen LogP contribution in [0.15, 0.2) is 89.6 Å². The van der Waals surface area contributed by atoms with Crippen LogP contribution < -0.4 is 14.0 Å². The summed E-state index contributed by atoms with van der Waals surface area (Å²) in [4.78, 5) is 13.6. The minimum Gasteiger partial charge on any atom is -0.693 e.